The summed E-state index contributed by atoms with van der Waals surface area (Å²) in [5, 5.41) is 13.5. The van der Waals surface area contributed by atoms with Gasteiger partial charge in [0.2, 0.25) is 15.8 Å². The predicted molar refractivity (Wildman–Crippen MR) is 60.8 cm³/mol. The number of hydrogen-bond donors (Lipinski definition) is 3. The van der Waals surface area contributed by atoms with Crippen molar-refractivity contribution in [2.75, 3.05) is 12.3 Å². The maximum atomic E-state index is 11.5. The lowest BCUT2D eigenvalue weighted by molar-refractivity contribution is 0.0946. The highest BCUT2D eigenvalue weighted by Crippen LogP contribution is 2.07. The number of H-pyrrole nitrogens is 1. The van der Waals surface area contributed by atoms with Gasteiger partial charge in [0.15, 0.2) is 0 Å². The molecule has 0 aliphatic heterocycles. The van der Waals surface area contributed by atoms with Gasteiger partial charge in [-0.2, -0.15) is 0 Å². The number of carbonyl (C=O) groups excluding carboxylic acids is 1. The van der Waals surface area contributed by atoms with Gasteiger partial charge in [-0.3, -0.25) is 9.89 Å². The molecule has 0 aliphatic carbocycles. The van der Waals surface area contributed by atoms with E-state index in [1.54, 1.807) is 0 Å². The third kappa shape index (κ3) is 4.49. The van der Waals surface area contributed by atoms with Crippen LogP contribution in [0.1, 0.15) is 36.2 Å². The van der Waals surface area contributed by atoms with E-state index < -0.39 is 15.9 Å². The van der Waals surface area contributed by atoms with Crippen molar-refractivity contribution in [3.05, 3.63) is 11.6 Å². The minimum absolute atomic E-state index is 0.0110. The molecule has 0 saturated carbocycles. The largest absolute Gasteiger partial charge is 0.348 e. The maximum absolute atomic E-state index is 11.5. The Morgan fingerprint density at radius 1 is 1.53 bits per heavy atom. The Labute approximate surface area is 99.1 Å². The molecule has 0 saturated heterocycles. The molecule has 0 aliphatic rings. The van der Waals surface area contributed by atoms with Gasteiger partial charge in [-0.1, -0.05) is 13.8 Å². The van der Waals surface area contributed by atoms with Crippen LogP contribution >= 0.6 is 0 Å². The SMILES string of the molecule is CC(C)c1nc(C(=O)NCCS(N)(=O)=O)n[nH]1. The minimum Gasteiger partial charge on any atom is -0.348 e. The second-order valence-corrected chi connectivity index (χ2v) is 5.56. The Bertz CT molecular complexity index is 493. The zero-order chi connectivity index (χ0) is 13.1. The van der Waals surface area contributed by atoms with E-state index in [4.69, 9.17) is 5.14 Å². The quantitative estimate of drug-likeness (QED) is 0.622. The number of aromatic nitrogens is 3. The average Bonchev–Trinajstić information content (AvgIpc) is 2.63. The summed E-state index contributed by atoms with van der Waals surface area (Å²) in [4.78, 5) is 15.4. The molecule has 0 aromatic carbocycles. The van der Waals surface area contributed by atoms with Crippen LogP contribution in [-0.4, -0.2) is 41.8 Å². The van der Waals surface area contributed by atoms with Crippen molar-refractivity contribution in [3.8, 4) is 0 Å². The summed E-state index contributed by atoms with van der Waals surface area (Å²) in [5.41, 5.74) is 0. The minimum atomic E-state index is -3.57. The second-order valence-electron chi connectivity index (χ2n) is 3.82. The first-order valence-electron chi connectivity index (χ1n) is 5.00. The molecule has 1 aromatic rings. The van der Waals surface area contributed by atoms with Crippen LogP contribution in [0.15, 0.2) is 0 Å². The first-order chi connectivity index (χ1) is 7.79. The van der Waals surface area contributed by atoms with Crippen LogP contribution in [-0.2, 0) is 10.0 Å². The number of amides is 1. The van der Waals surface area contributed by atoms with Crippen molar-refractivity contribution < 1.29 is 13.2 Å². The lowest BCUT2D eigenvalue weighted by atomic mass is 10.2. The molecule has 9 heteroatoms. The third-order valence-corrected chi connectivity index (χ3v) is 2.70. The summed E-state index contributed by atoms with van der Waals surface area (Å²) in [7, 11) is -3.57. The molecule has 4 N–H and O–H groups in total. The fourth-order valence-corrected chi connectivity index (χ4v) is 1.41. The lowest BCUT2D eigenvalue weighted by Gasteiger charge is -2.00. The molecule has 0 spiro atoms. The van der Waals surface area contributed by atoms with E-state index in [0.717, 1.165) is 0 Å². The Morgan fingerprint density at radius 3 is 2.65 bits per heavy atom. The van der Waals surface area contributed by atoms with E-state index in [2.05, 4.69) is 20.5 Å². The van der Waals surface area contributed by atoms with Crippen molar-refractivity contribution >= 4 is 15.9 Å². The lowest BCUT2D eigenvalue weighted by Crippen LogP contribution is -2.32. The molecular formula is C8H15N5O3S. The van der Waals surface area contributed by atoms with E-state index in [0.29, 0.717) is 5.82 Å². The first kappa shape index (κ1) is 13.6. The smallest absolute Gasteiger partial charge is 0.290 e. The molecule has 1 amide bonds. The van der Waals surface area contributed by atoms with Gasteiger partial charge in [0, 0.05) is 12.5 Å². The van der Waals surface area contributed by atoms with Crippen LogP contribution in [0.25, 0.3) is 0 Å². The zero-order valence-electron chi connectivity index (χ0n) is 9.60. The van der Waals surface area contributed by atoms with Crippen LogP contribution in [0.2, 0.25) is 0 Å². The van der Waals surface area contributed by atoms with Crippen molar-refractivity contribution in [2.24, 2.45) is 5.14 Å². The zero-order valence-corrected chi connectivity index (χ0v) is 10.4. The number of nitrogens with zero attached hydrogens (tertiary/aromatic N) is 2. The number of sulfonamides is 1. The summed E-state index contributed by atoms with van der Waals surface area (Å²) in [5.74, 6) is -0.129. The van der Waals surface area contributed by atoms with E-state index >= 15 is 0 Å². The van der Waals surface area contributed by atoms with Gasteiger partial charge in [-0.15, -0.1) is 5.10 Å². The summed E-state index contributed by atoms with van der Waals surface area (Å²) < 4.78 is 21.3. The van der Waals surface area contributed by atoms with Crippen molar-refractivity contribution in [1.29, 1.82) is 0 Å². The van der Waals surface area contributed by atoms with Gasteiger partial charge < -0.3 is 5.32 Å². The number of nitrogens with one attached hydrogen (secondary N) is 2. The molecule has 1 rings (SSSR count). The molecule has 0 fully saturated rings. The molecule has 0 unspecified atom stereocenters. The van der Waals surface area contributed by atoms with Gasteiger partial charge in [-0.05, 0) is 0 Å². The molecule has 8 nitrogen and oxygen atoms in total. The van der Waals surface area contributed by atoms with Gasteiger partial charge in [-0.25, -0.2) is 18.5 Å². The Morgan fingerprint density at radius 2 is 2.18 bits per heavy atom. The number of carbonyl (C=O) groups is 1. The summed E-state index contributed by atoms with van der Waals surface area (Å²) in [6.07, 6.45) is 0. The van der Waals surface area contributed by atoms with E-state index in [1.807, 2.05) is 13.8 Å². The standard InChI is InChI=1S/C8H15N5O3S/c1-5(2)6-11-7(13-12-6)8(14)10-3-4-17(9,15)16/h5H,3-4H2,1-2H3,(H,10,14)(H2,9,15,16)(H,11,12,13). The van der Waals surface area contributed by atoms with E-state index in [1.165, 1.54) is 0 Å². The third-order valence-electron chi connectivity index (χ3n) is 1.92. The van der Waals surface area contributed by atoms with E-state index in [-0.39, 0.29) is 24.0 Å². The average molecular weight is 261 g/mol. The maximum Gasteiger partial charge on any atom is 0.290 e. The Balaban J connectivity index is 2.52. The summed E-state index contributed by atoms with van der Waals surface area (Å²) in [6, 6.07) is 0. The van der Waals surface area contributed by atoms with Gasteiger partial charge in [0.1, 0.15) is 5.82 Å². The molecule has 0 radical (unpaired) electrons. The number of primary sulfonamides is 1. The fourth-order valence-electron chi connectivity index (χ4n) is 1.02. The van der Waals surface area contributed by atoms with Crippen molar-refractivity contribution in [1.82, 2.24) is 20.5 Å². The number of rotatable bonds is 5. The molecule has 0 atom stereocenters. The number of aromatic amines is 1. The second kappa shape index (κ2) is 5.23. The number of hydrogen-bond acceptors (Lipinski definition) is 5. The molecule has 17 heavy (non-hydrogen) atoms. The van der Waals surface area contributed by atoms with Crippen LogP contribution in [0.3, 0.4) is 0 Å². The van der Waals surface area contributed by atoms with Crippen molar-refractivity contribution in [2.45, 2.75) is 19.8 Å². The Hall–Kier alpha value is -1.48. The van der Waals surface area contributed by atoms with Crippen LogP contribution in [0, 0.1) is 0 Å². The monoisotopic (exact) mass is 261 g/mol. The van der Waals surface area contributed by atoms with Gasteiger partial charge >= 0.3 is 0 Å². The Kier molecular flexibility index (Phi) is 4.18. The van der Waals surface area contributed by atoms with E-state index in [9.17, 15) is 13.2 Å². The first-order valence-corrected chi connectivity index (χ1v) is 6.72. The predicted octanol–water partition coefficient (Wildman–Crippen LogP) is -1.05. The molecule has 0 bridgehead atoms. The summed E-state index contributed by atoms with van der Waals surface area (Å²) >= 11 is 0. The highest BCUT2D eigenvalue weighted by Gasteiger charge is 2.14. The fraction of sp³-hybridized carbons (Fsp3) is 0.625. The highest BCUT2D eigenvalue weighted by molar-refractivity contribution is 7.89. The van der Waals surface area contributed by atoms with Crippen molar-refractivity contribution in [3.63, 3.8) is 0 Å². The van der Waals surface area contributed by atoms with Gasteiger partial charge in [0.05, 0.1) is 5.75 Å². The molecule has 96 valence electrons. The molecular weight excluding hydrogens is 246 g/mol. The van der Waals surface area contributed by atoms with Gasteiger partial charge in [0.25, 0.3) is 5.91 Å². The number of nitrogens with two attached hydrogens (primary N) is 1. The van der Waals surface area contributed by atoms with Crippen LogP contribution in [0.4, 0.5) is 0 Å². The topological polar surface area (TPSA) is 131 Å². The highest BCUT2D eigenvalue weighted by atomic mass is 32.2. The van der Waals surface area contributed by atoms with Crippen LogP contribution < -0.4 is 10.5 Å². The molecule has 1 heterocycles. The summed E-state index contributed by atoms with van der Waals surface area (Å²) in [6.45, 7) is 3.75. The normalized spacial score (nSPS) is 11.8. The molecule has 1 aromatic heterocycles. The van der Waals surface area contributed by atoms with Crippen LogP contribution in [0.5, 0.6) is 0 Å².